The molecule has 0 amide bonds. The van der Waals surface area contributed by atoms with Gasteiger partial charge in [-0.25, -0.2) is 4.98 Å². The van der Waals surface area contributed by atoms with Gasteiger partial charge in [-0.3, -0.25) is 0 Å². The Morgan fingerprint density at radius 2 is 1.79 bits per heavy atom. The lowest BCUT2D eigenvalue weighted by Crippen LogP contribution is -2.36. The normalized spacial score (nSPS) is 14.4. The first-order valence-corrected chi connectivity index (χ1v) is 7.87. The van der Waals surface area contributed by atoms with Crippen LogP contribution >= 0.6 is 0 Å². The van der Waals surface area contributed by atoms with E-state index in [0.29, 0.717) is 17.4 Å². The van der Waals surface area contributed by atoms with Crippen LogP contribution in [0.3, 0.4) is 0 Å². The molecule has 1 aromatic carbocycles. The largest absolute Gasteiger partial charge is 0.493 e. The van der Waals surface area contributed by atoms with Crippen LogP contribution in [0.5, 0.6) is 11.5 Å². The SMILES string of the molecule is COc1ccc(Nc2nc(C)cc(N3CCOCC3)n2)cc1OC. The summed E-state index contributed by atoms with van der Waals surface area (Å²) in [6.07, 6.45) is 0. The van der Waals surface area contributed by atoms with Crippen LogP contribution in [0.4, 0.5) is 17.5 Å². The Hall–Kier alpha value is -2.54. The molecule has 1 fully saturated rings. The van der Waals surface area contributed by atoms with Crippen molar-refractivity contribution >= 4 is 17.5 Å². The molecule has 0 spiro atoms. The van der Waals surface area contributed by atoms with Crippen LogP contribution in [0.25, 0.3) is 0 Å². The van der Waals surface area contributed by atoms with Gasteiger partial charge >= 0.3 is 0 Å². The summed E-state index contributed by atoms with van der Waals surface area (Å²) in [5.74, 6) is 2.81. The molecule has 1 N–H and O–H groups in total. The van der Waals surface area contributed by atoms with Crippen LogP contribution in [0, 0.1) is 6.92 Å². The molecule has 0 saturated carbocycles. The van der Waals surface area contributed by atoms with E-state index in [9.17, 15) is 0 Å². The lowest BCUT2D eigenvalue weighted by Gasteiger charge is -2.28. The highest BCUT2D eigenvalue weighted by molar-refractivity contribution is 5.61. The minimum absolute atomic E-state index is 0.559. The van der Waals surface area contributed by atoms with Crippen molar-refractivity contribution in [1.29, 1.82) is 0 Å². The molecule has 0 radical (unpaired) electrons. The molecule has 7 nitrogen and oxygen atoms in total. The Morgan fingerprint density at radius 1 is 1.04 bits per heavy atom. The average molecular weight is 330 g/mol. The van der Waals surface area contributed by atoms with Gasteiger partial charge in [0.2, 0.25) is 5.95 Å². The predicted octanol–water partition coefficient (Wildman–Crippen LogP) is 2.38. The van der Waals surface area contributed by atoms with E-state index in [1.54, 1.807) is 14.2 Å². The van der Waals surface area contributed by atoms with Gasteiger partial charge in [0.1, 0.15) is 5.82 Å². The Bertz CT molecular complexity index is 702. The molecule has 1 aliphatic heterocycles. The molecule has 0 atom stereocenters. The van der Waals surface area contributed by atoms with Gasteiger partial charge < -0.3 is 24.4 Å². The quantitative estimate of drug-likeness (QED) is 0.902. The van der Waals surface area contributed by atoms with Crippen molar-refractivity contribution < 1.29 is 14.2 Å². The topological polar surface area (TPSA) is 68.7 Å². The van der Waals surface area contributed by atoms with Crippen molar-refractivity contribution in [2.45, 2.75) is 6.92 Å². The highest BCUT2D eigenvalue weighted by Gasteiger charge is 2.14. The molecule has 24 heavy (non-hydrogen) atoms. The third kappa shape index (κ3) is 3.68. The van der Waals surface area contributed by atoms with Crippen LogP contribution in [0.15, 0.2) is 24.3 Å². The molecule has 0 unspecified atom stereocenters. The number of ether oxygens (including phenoxy) is 3. The second-order valence-electron chi connectivity index (χ2n) is 5.49. The number of morpholine rings is 1. The fourth-order valence-electron chi connectivity index (χ4n) is 2.61. The number of methoxy groups -OCH3 is 2. The van der Waals surface area contributed by atoms with E-state index < -0.39 is 0 Å². The molecule has 3 rings (SSSR count). The van der Waals surface area contributed by atoms with Crippen molar-refractivity contribution in [3.8, 4) is 11.5 Å². The van der Waals surface area contributed by atoms with E-state index in [-0.39, 0.29) is 0 Å². The molecule has 7 heteroatoms. The van der Waals surface area contributed by atoms with Crippen molar-refractivity contribution in [2.75, 3.05) is 50.7 Å². The first-order valence-electron chi connectivity index (χ1n) is 7.87. The molecule has 2 heterocycles. The summed E-state index contributed by atoms with van der Waals surface area (Å²) in [5, 5.41) is 3.23. The number of aryl methyl sites for hydroxylation is 1. The summed E-state index contributed by atoms with van der Waals surface area (Å²) in [6, 6.07) is 7.60. The maximum Gasteiger partial charge on any atom is 0.229 e. The van der Waals surface area contributed by atoms with E-state index >= 15 is 0 Å². The van der Waals surface area contributed by atoms with Gasteiger partial charge in [-0.2, -0.15) is 4.98 Å². The van der Waals surface area contributed by atoms with Gasteiger partial charge in [0, 0.05) is 36.6 Å². The standard InChI is InChI=1S/C17H22N4O3/c1-12-10-16(21-6-8-24-9-7-21)20-17(18-12)19-13-4-5-14(22-2)15(11-13)23-3/h4-5,10-11H,6-9H2,1-3H3,(H,18,19,20). The lowest BCUT2D eigenvalue weighted by molar-refractivity contribution is 0.122. The Balaban J connectivity index is 1.83. The number of rotatable bonds is 5. The monoisotopic (exact) mass is 330 g/mol. The van der Waals surface area contributed by atoms with E-state index in [2.05, 4.69) is 20.2 Å². The average Bonchev–Trinajstić information content (AvgIpc) is 2.62. The predicted molar refractivity (Wildman–Crippen MR) is 92.6 cm³/mol. The van der Waals surface area contributed by atoms with Crippen LogP contribution in [-0.2, 0) is 4.74 Å². The number of hydrogen-bond donors (Lipinski definition) is 1. The van der Waals surface area contributed by atoms with Crippen molar-refractivity contribution in [3.63, 3.8) is 0 Å². The molecule has 0 bridgehead atoms. The fraction of sp³-hybridized carbons (Fsp3) is 0.412. The number of nitrogens with one attached hydrogen (secondary N) is 1. The van der Waals surface area contributed by atoms with Gasteiger partial charge in [0.25, 0.3) is 0 Å². The van der Waals surface area contributed by atoms with Crippen LogP contribution in [-0.4, -0.2) is 50.5 Å². The number of benzene rings is 1. The second-order valence-corrected chi connectivity index (χ2v) is 5.49. The van der Waals surface area contributed by atoms with Crippen LogP contribution in [0.2, 0.25) is 0 Å². The van der Waals surface area contributed by atoms with Crippen molar-refractivity contribution in [3.05, 3.63) is 30.0 Å². The summed E-state index contributed by atoms with van der Waals surface area (Å²) >= 11 is 0. The number of nitrogens with zero attached hydrogens (tertiary/aromatic N) is 3. The first-order chi connectivity index (χ1) is 11.7. The minimum Gasteiger partial charge on any atom is -0.493 e. The number of aromatic nitrogens is 2. The third-order valence-corrected chi connectivity index (χ3v) is 3.82. The van der Waals surface area contributed by atoms with E-state index in [0.717, 1.165) is 43.5 Å². The molecule has 128 valence electrons. The zero-order valence-electron chi connectivity index (χ0n) is 14.2. The van der Waals surface area contributed by atoms with Crippen LogP contribution in [0.1, 0.15) is 5.69 Å². The van der Waals surface area contributed by atoms with Gasteiger partial charge in [0.05, 0.1) is 27.4 Å². The zero-order valence-corrected chi connectivity index (χ0v) is 14.2. The Morgan fingerprint density at radius 3 is 2.50 bits per heavy atom. The molecular formula is C17H22N4O3. The molecule has 1 aromatic heterocycles. The van der Waals surface area contributed by atoms with Gasteiger partial charge in [-0.15, -0.1) is 0 Å². The molecule has 1 aliphatic rings. The zero-order chi connectivity index (χ0) is 16.9. The van der Waals surface area contributed by atoms with Crippen molar-refractivity contribution in [1.82, 2.24) is 9.97 Å². The minimum atomic E-state index is 0.559. The van der Waals surface area contributed by atoms with Gasteiger partial charge in [-0.05, 0) is 19.1 Å². The van der Waals surface area contributed by atoms with Gasteiger partial charge in [-0.1, -0.05) is 0 Å². The maximum absolute atomic E-state index is 5.40. The molecule has 2 aromatic rings. The number of hydrogen-bond acceptors (Lipinski definition) is 7. The van der Waals surface area contributed by atoms with E-state index in [1.165, 1.54) is 0 Å². The lowest BCUT2D eigenvalue weighted by atomic mass is 10.2. The van der Waals surface area contributed by atoms with E-state index in [1.807, 2.05) is 31.2 Å². The summed E-state index contributed by atoms with van der Waals surface area (Å²) in [4.78, 5) is 11.3. The van der Waals surface area contributed by atoms with Gasteiger partial charge in [0.15, 0.2) is 11.5 Å². The molecule has 0 aliphatic carbocycles. The summed E-state index contributed by atoms with van der Waals surface area (Å²) < 4.78 is 16.0. The second kappa shape index (κ2) is 7.35. The summed E-state index contributed by atoms with van der Waals surface area (Å²) in [5.41, 5.74) is 1.75. The Kier molecular flexibility index (Phi) is 5.00. The van der Waals surface area contributed by atoms with Crippen molar-refractivity contribution in [2.24, 2.45) is 0 Å². The maximum atomic E-state index is 5.40. The molecule has 1 saturated heterocycles. The van der Waals surface area contributed by atoms with Crippen LogP contribution < -0.4 is 19.7 Å². The summed E-state index contributed by atoms with van der Waals surface area (Å²) in [7, 11) is 3.23. The smallest absolute Gasteiger partial charge is 0.229 e. The third-order valence-electron chi connectivity index (χ3n) is 3.82. The number of anilines is 3. The molecular weight excluding hydrogens is 308 g/mol. The van der Waals surface area contributed by atoms with E-state index in [4.69, 9.17) is 14.2 Å². The summed E-state index contributed by atoms with van der Waals surface area (Å²) in [6.45, 7) is 5.09. The highest BCUT2D eigenvalue weighted by atomic mass is 16.5. The Labute approximate surface area is 141 Å². The highest BCUT2D eigenvalue weighted by Crippen LogP contribution is 2.30. The first kappa shape index (κ1) is 16.3. The fourth-order valence-corrected chi connectivity index (χ4v) is 2.61.